The lowest BCUT2D eigenvalue weighted by Crippen LogP contribution is -2.15. The zero-order valence-electron chi connectivity index (χ0n) is 25.4. The number of benzene rings is 2. The molecule has 1 aliphatic rings. The van der Waals surface area contributed by atoms with E-state index in [1.54, 1.807) is 0 Å². The highest BCUT2D eigenvalue weighted by Crippen LogP contribution is 2.47. The molecule has 0 aliphatic heterocycles. The molecule has 0 radical (unpaired) electrons. The van der Waals surface area contributed by atoms with Gasteiger partial charge in [0.05, 0.1) is 11.4 Å². The number of allylic oxidation sites excluding steroid dienone is 2. The second kappa shape index (κ2) is 9.38. The van der Waals surface area contributed by atoms with E-state index in [1.807, 2.05) is 23.7 Å². The van der Waals surface area contributed by atoms with Gasteiger partial charge in [-0.3, -0.25) is 9.97 Å². The molecule has 0 atom stereocenters. The minimum Gasteiger partial charge on any atom is -0.264 e. The highest BCUT2D eigenvalue weighted by Gasteiger charge is 2.33. The van der Waals surface area contributed by atoms with Crippen LogP contribution < -0.4 is 0 Å². The summed E-state index contributed by atoms with van der Waals surface area (Å²) in [6, 6.07) is 16.2. The molecule has 6 rings (SSSR count). The van der Waals surface area contributed by atoms with Crippen molar-refractivity contribution in [2.75, 3.05) is 0 Å². The van der Waals surface area contributed by atoms with Gasteiger partial charge in [-0.15, -0.1) is 11.3 Å². The van der Waals surface area contributed by atoms with Gasteiger partial charge in [-0.05, 0) is 101 Å². The molecule has 0 unspecified atom stereocenters. The molecule has 0 fully saturated rings. The molecule has 2 aromatic carbocycles. The van der Waals surface area contributed by atoms with E-state index in [4.69, 9.17) is 4.98 Å². The Bertz CT molecular complexity index is 1830. The summed E-state index contributed by atoms with van der Waals surface area (Å²) >= 11 is 1.93. The molecule has 0 N–H and O–H groups in total. The SMILES string of the molecule is CC1=CC(C)(C)c2nc(-c3cc(C(C)(C)C)c4ccncc4c3)cc(-c3ccc4c(CC(C)C)c(C)sc4c3)c21. The van der Waals surface area contributed by atoms with Crippen molar-refractivity contribution in [1.29, 1.82) is 0 Å². The molecule has 0 amide bonds. The predicted molar refractivity (Wildman–Crippen MR) is 174 cm³/mol. The third-order valence-electron chi connectivity index (χ3n) is 8.38. The molecular weight excluding hydrogens is 504 g/mol. The van der Waals surface area contributed by atoms with Gasteiger partial charge >= 0.3 is 0 Å². The summed E-state index contributed by atoms with van der Waals surface area (Å²) in [5.74, 6) is 0.646. The van der Waals surface area contributed by atoms with E-state index in [-0.39, 0.29) is 10.8 Å². The van der Waals surface area contributed by atoms with Gasteiger partial charge in [0, 0.05) is 43.9 Å². The number of nitrogens with zero attached hydrogens (tertiary/aromatic N) is 2. The quantitative estimate of drug-likeness (QED) is 0.225. The molecule has 3 heteroatoms. The topological polar surface area (TPSA) is 25.8 Å². The number of hydrogen-bond donors (Lipinski definition) is 0. The summed E-state index contributed by atoms with van der Waals surface area (Å²) < 4.78 is 1.38. The third kappa shape index (κ3) is 4.49. The highest BCUT2D eigenvalue weighted by molar-refractivity contribution is 7.19. The van der Waals surface area contributed by atoms with Crippen LogP contribution in [0.5, 0.6) is 0 Å². The van der Waals surface area contributed by atoms with Crippen LogP contribution in [-0.2, 0) is 17.3 Å². The van der Waals surface area contributed by atoms with Crippen LogP contribution in [0.3, 0.4) is 0 Å². The maximum atomic E-state index is 5.39. The lowest BCUT2D eigenvalue weighted by Gasteiger charge is -2.24. The monoisotopic (exact) mass is 544 g/mol. The number of fused-ring (bicyclic) bond motifs is 3. The van der Waals surface area contributed by atoms with Crippen LogP contribution in [-0.4, -0.2) is 9.97 Å². The maximum Gasteiger partial charge on any atom is 0.0712 e. The average Bonchev–Trinajstić information content (AvgIpc) is 3.32. The Morgan fingerprint density at radius 1 is 0.925 bits per heavy atom. The van der Waals surface area contributed by atoms with E-state index in [9.17, 15) is 0 Å². The summed E-state index contributed by atoms with van der Waals surface area (Å²) in [4.78, 5) is 11.3. The molecule has 2 nitrogen and oxygen atoms in total. The Hall–Kier alpha value is -3.30. The van der Waals surface area contributed by atoms with Crippen LogP contribution in [0, 0.1) is 12.8 Å². The van der Waals surface area contributed by atoms with Crippen molar-refractivity contribution in [3.8, 4) is 22.4 Å². The number of aromatic nitrogens is 2. The summed E-state index contributed by atoms with van der Waals surface area (Å²) in [5, 5.41) is 3.84. The Labute approximate surface area is 243 Å². The van der Waals surface area contributed by atoms with Gasteiger partial charge in [-0.2, -0.15) is 0 Å². The number of thiophene rings is 1. The summed E-state index contributed by atoms with van der Waals surface area (Å²) in [6.45, 7) is 20.6. The minimum absolute atomic E-state index is 0.00233. The first kappa shape index (κ1) is 26.9. The van der Waals surface area contributed by atoms with Crippen molar-refractivity contribution in [3.63, 3.8) is 0 Å². The molecular formula is C37H40N2S. The largest absolute Gasteiger partial charge is 0.264 e. The van der Waals surface area contributed by atoms with Crippen LogP contribution >= 0.6 is 11.3 Å². The van der Waals surface area contributed by atoms with Gasteiger partial charge in [0.1, 0.15) is 0 Å². The summed E-state index contributed by atoms with van der Waals surface area (Å²) in [6.07, 6.45) is 7.40. The number of rotatable bonds is 4. The van der Waals surface area contributed by atoms with Crippen molar-refractivity contribution in [2.24, 2.45) is 5.92 Å². The first-order chi connectivity index (χ1) is 18.8. The second-order valence-corrected chi connectivity index (χ2v) is 14.9. The molecule has 0 saturated heterocycles. The molecule has 0 saturated carbocycles. The van der Waals surface area contributed by atoms with Crippen molar-refractivity contribution in [1.82, 2.24) is 9.97 Å². The lowest BCUT2D eigenvalue weighted by atomic mass is 9.82. The first-order valence-electron chi connectivity index (χ1n) is 14.5. The maximum absolute atomic E-state index is 5.39. The summed E-state index contributed by atoms with van der Waals surface area (Å²) in [5.41, 5.74) is 11.2. The zero-order chi connectivity index (χ0) is 28.6. The fraction of sp³-hybridized carbons (Fsp3) is 0.351. The van der Waals surface area contributed by atoms with Crippen LogP contribution in [0.2, 0.25) is 0 Å². The van der Waals surface area contributed by atoms with Gasteiger partial charge in [0.2, 0.25) is 0 Å². The standard InChI is InChI=1S/C37H40N2S/c1-21(2)14-29-23(4)40-33-17-24(10-11-28(29)33)30-18-32(39-35-34(30)22(3)19-37(35,8)9)25-15-26-20-38-13-12-27(26)31(16-25)36(5,6)7/h10-13,15-21H,14H2,1-9H3. The van der Waals surface area contributed by atoms with Crippen molar-refractivity contribution in [3.05, 3.63) is 88.2 Å². The third-order valence-corrected chi connectivity index (χ3v) is 9.49. The van der Waals surface area contributed by atoms with E-state index >= 15 is 0 Å². The van der Waals surface area contributed by atoms with Gasteiger partial charge < -0.3 is 0 Å². The average molecular weight is 545 g/mol. The molecule has 3 heterocycles. The van der Waals surface area contributed by atoms with E-state index in [2.05, 4.69) is 116 Å². The second-order valence-electron chi connectivity index (χ2n) is 13.6. The van der Waals surface area contributed by atoms with E-state index in [0.29, 0.717) is 5.92 Å². The highest BCUT2D eigenvalue weighted by atomic mass is 32.1. The Morgan fingerprint density at radius 2 is 1.70 bits per heavy atom. The van der Waals surface area contributed by atoms with Crippen LogP contribution in [0.4, 0.5) is 0 Å². The van der Waals surface area contributed by atoms with E-state index in [1.165, 1.54) is 59.4 Å². The van der Waals surface area contributed by atoms with Crippen LogP contribution in [0.15, 0.2) is 60.9 Å². The predicted octanol–water partition coefficient (Wildman–Crippen LogP) is 10.7. The Balaban J connectivity index is 1.60. The fourth-order valence-electron chi connectivity index (χ4n) is 6.55. The van der Waals surface area contributed by atoms with Gasteiger partial charge in [0.15, 0.2) is 0 Å². The molecule has 0 bridgehead atoms. The Kier molecular flexibility index (Phi) is 6.31. The van der Waals surface area contributed by atoms with Crippen molar-refractivity contribution < 1.29 is 0 Å². The van der Waals surface area contributed by atoms with Crippen molar-refractivity contribution in [2.45, 2.75) is 79.6 Å². The van der Waals surface area contributed by atoms with E-state index in [0.717, 1.165) is 23.1 Å². The normalized spacial score (nSPS) is 14.8. The van der Waals surface area contributed by atoms with Crippen LogP contribution in [0.25, 0.3) is 48.8 Å². The van der Waals surface area contributed by atoms with E-state index < -0.39 is 0 Å². The molecule has 3 aromatic heterocycles. The molecule has 5 aromatic rings. The smallest absolute Gasteiger partial charge is 0.0712 e. The first-order valence-corrected chi connectivity index (χ1v) is 15.3. The zero-order valence-corrected chi connectivity index (χ0v) is 26.2. The van der Waals surface area contributed by atoms with Crippen LogP contribution in [0.1, 0.15) is 82.7 Å². The van der Waals surface area contributed by atoms with Crippen molar-refractivity contribution >= 4 is 37.8 Å². The number of pyridine rings is 2. The summed E-state index contributed by atoms with van der Waals surface area (Å²) in [7, 11) is 0. The molecule has 1 aliphatic carbocycles. The Morgan fingerprint density at radius 3 is 2.42 bits per heavy atom. The minimum atomic E-state index is -0.122. The fourth-order valence-corrected chi connectivity index (χ4v) is 7.68. The van der Waals surface area contributed by atoms with Gasteiger partial charge in [-0.25, -0.2) is 0 Å². The molecule has 40 heavy (non-hydrogen) atoms. The van der Waals surface area contributed by atoms with Gasteiger partial charge in [-0.1, -0.05) is 66.7 Å². The lowest BCUT2D eigenvalue weighted by molar-refractivity contribution is 0.596. The van der Waals surface area contributed by atoms with Gasteiger partial charge in [0.25, 0.3) is 0 Å². The molecule has 0 spiro atoms. The number of hydrogen-bond acceptors (Lipinski definition) is 3. The molecule has 204 valence electrons. The number of aryl methyl sites for hydroxylation is 1.